The molecule has 0 radical (unpaired) electrons. The molecule has 112 valence electrons. The van der Waals surface area contributed by atoms with Crippen molar-refractivity contribution in [1.29, 1.82) is 0 Å². The Hall–Kier alpha value is -1.69. The van der Waals surface area contributed by atoms with Crippen LogP contribution in [0.1, 0.15) is 36.6 Å². The molecule has 1 aromatic carbocycles. The van der Waals surface area contributed by atoms with Crippen LogP contribution in [-0.2, 0) is 9.59 Å². The Balaban J connectivity index is 1.76. The largest absolute Gasteiger partial charge is 0.508 e. The highest BCUT2D eigenvalue weighted by molar-refractivity contribution is 8.00. The Bertz CT molecular complexity index is 558. The van der Waals surface area contributed by atoms with E-state index in [2.05, 4.69) is 5.43 Å². The van der Waals surface area contributed by atoms with Crippen molar-refractivity contribution < 1.29 is 14.7 Å². The first kappa shape index (κ1) is 14.3. The van der Waals surface area contributed by atoms with Gasteiger partial charge in [0.25, 0.3) is 5.91 Å². The highest BCUT2D eigenvalue weighted by Crippen LogP contribution is 2.41. The van der Waals surface area contributed by atoms with Crippen molar-refractivity contribution in [3.63, 3.8) is 0 Å². The summed E-state index contributed by atoms with van der Waals surface area (Å²) in [5, 5.41) is 11.0. The first-order valence-corrected chi connectivity index (χ1v) is 8.24. The molecule has 0 aromatic heterocycles. The number of rotatable bonds is 3. The molecule has 1 heterocycles. The number of thioether (sulfide) groups is 1. The van der Waals surface area contributed by atoms with Gasteiger partial charge >= 0.3 is 0 Å². The molecule has 2 N–H and O–H groups in total. The zero-order chi connectivity index (χ0) is 14.8. The molecule has 1 aliphatic carbocycles. The maximum absolute atomic E-state index is 12.2. The van der Waals surface area contributed by atoms with Crippen LogP contribution in [0, 0.1) is 5.92 Å². The summed E-state index contributed by atoms with van der Waals surface area (Å²) >= 11 is 1.41. The smallest absolute Gasteiger partial charge is 0.252 e. The third-order valence-corrected chi connectivity index (χ3v) is 5.22. The van der Waals surface area contributed by atoms with E-state index in [1.165, 1.54) is 16.8 Å². The lowest BCUT2D eigenvalue weighted by Gasteiger charge is -2.26. The molecule has 1 saturated heterocycles. The zero-order valence-electron chi connectivity index (χ0n) is 11.6. The fraction of sp³-hybridized carbons (Fsp3) is 0.467. The second kappa shape index (κ2) is 5.97. The number of hydrogen-bond acceptors (Lipinski definition) is 4. The Kier molecular flexibility index (Phi) is 4.05. The molecule has 2 aliphatic rings. The summed E-state index contributed by atoms with van der Waals surface area (Å²) in [6.07, 6.45) is 3.93. The number of carbonyl (C=O) groups excluding carboxylic acids is 2. The lowest BCUT2D eigenvalue weighted by atomic mass is 10.1. The van der Waals surface area contributed by atoms with Crippen LogP contribution in [0.5, 0.6) is 5.75 Å². The third kappa shape index (κ3) is 2.85. The summed E-state index contributed by atoms with van der Waals surface area (Å²) in [5.41, 5.74) is 3.41. The van der Waals surface area contributed by atoms with Gasteiger partial charge in [0.05, 0.1) is 5.75 Å². The molecule has 6 heteroatoms. The molecule has 0 bridgehead atoms. The van der Waals surface area contributed by atoms with Crippen LogP contribution in [0.25, 0.3) is 0 Å². The monoisotopic (exact) mass is 306 g/mol. The van der Waals surface area contributed by atoms with Gasteiger partial charge in [-0.1, -0.05) is 31.0 Å². The molecule has 1 saturated carbocycles. The van der Waals surface area contributed by atoms with E-state index in [0.29, 0.717) is 11.3 Å². The molecule has 1 aromatic rings. The van der Waals surface area contributed by atoms with Gasteiger partial charge in [0.1, 0.15) is 11.1 Å². The molecule has 3 rings (SSSR count). The van der Waals surface area contributed by atoms with E-state index in [-0.39, 0.29) is 28.9 Å². The van der Waals surface area contributed by atoms with E-state index in [0.717, 1.165) is 25.7 Å². The van der Waals surface area contributed by atoms with Gasteiger partial charge in [-0.3, -0.25) is 15.0 Å². The predicted octanol–water partition coefficient (Wildman–Crippen LogP) is 2.19. The Morgan fingerprint density at radius 3 is 2.71 bits per heavy atom. The molecule has 21 heavy (non-hydrogen) atoms. The average Bonchev–Trinajstić information content (AvgIpc) is 3.11. The average molecular weight is 306 g/mol. The second-order valence-electron chi connectivity index (χ2n) is 5.44. The number of benzene rings is 1. The fourth-order valence-electron chi connectivity index (χ4n) is 2.87. The fourth-order valence-corrected chi connectivity index (χ4v) is 4.01. The van der Waals surface area contributed by atoms with E-state index in [1.807, 2.05) is 6.07 Å². The summed E-state index contributed by atoms with van der Waals surface area (Å²) < 4.78 is 0. The van der Waals surface area contributed by atoms with Crippen molar-refractivity contribution in [2.75, 3.05) is 5.75 Å². The van der Waals surface area contributed by atoms with E-state index >= 15 is 0 Å². The predicted molar refractivity (Wildman–Crippen MR) is 80.3 cm³/mol. The van der Waals surface area contributed by atoms with Gasteiger partial charge in [-0.25, -0.2) is 5.01 Å². The first-order valence-electron chi connectivity index (χ1n) is 7.19. The van der Waals surface area contributed by atoms with Gasteiger partial charge in [-0.2, -0.15) is 0 Å². The number of phenolic OH excluding ortho intramolecular Hbond substituents is 1. The minimum Gasteiger partial charge on any atom is -0.508 e. The van der Waals surface area contributed by atoms with Crippen LogP contribution in [0.15, 0.2) is 24.3 Å². The van der Waals surface area contributed by atoms with E-state index < -0.39 is 0 Å². The third-order valence-electron chi connectivity index (χ3n) is 4.03. The van der Waals surface area contributed by atoms with Crippen molar-refractivity contribution in [2.24, 2.45) is 5.92 Å². The summed E-state index contributed by atoms with van der Waals surface area (Å²) in [5.74, 6) is 0.255. The second-order valence-corrected chi connectivity index (χ2v) is 6.51. The Morgan fingerprint density at radius 1 is 1.29 bits per heavy atom. The molecular weight excluding hydrogens is 288 g/mol. The lowest BCUT2D eigenvalue weighted by molar-refractivity contribution is -0.141. The quantitative estimate of drug-likeness (QED) is 0.898. The SMILES string of the molecule is O=C(NN1C(=O)CSC1c1ccccc1O)C1CCCC1. The normalized spacial score (nSPS) is 22.8. The minimum atomic E-state index is -0.357. The number of hydrogen-bond donors (Lipinski definition) is 2. The summed E-state index contributed by atoms with van der Waals surface area (Å²) in [7, 11) is 0. The van der Waals surface area contributed by atoms with Crippen molar-refractivity contribution in [1.82, 2.24) is 10.4 Å². The zero-order valence-corrected chi connectivity index (χ0v) is 12.4. The number of hydrazine groups is 1. The topological polar surface area (TPSA) is 69.6 Å². The van der Waals surface area contributed by atoms with Gasteiger partial charge in [-0.15, -0.1) is 11.8 Å². The van der Waals surface area contributed by atoms with E-state index in [1.54, 1.807) is 18.2 Å². The van der Waals surface area contributed by atoms with E-state index in [9.17, 15) is 14.7 Å². The van der Waals surface area contributed by atoms with Crippen molar-refractivity contribution in [3.05, 3.63) is 29.8 Å². The summed E-state index contributed by atoms with van der Waals surface area (Å²) in [6.45, 7) is 0. The number of para-hydroxylation sites is 1. The Morgan fingerprint density at radius 2 is 2.00 bits per heavy atom. The molecule has 0 spiro atoms. The Labute approximate surface area is 127 Å². The number of carbonyl (C=O) groups is 2. The van der Waals surface area contributed by atoms with Gasteiger partial charge < -0.3 is 5.11 Å². The molecular formula is C15H18N2O3S. The number of amides is 2. The van der Waals surface area contributed by atoms with Crippen LogP contribution in [0.2, 0.25) is 0 Å². The molecule has 1 atom stereocenters. The van der Waals surface area contributed by atoms with Crippen LogP contribution >= 0.6 is 11.8 Å². The summed E-state index contributed by atoms with van der Waals surface area (Å²) in [4.78, 5) is 24.3. The highest BCUT2D eigenvalue weighted by atomic mass is 32.2. The number of nitrogens with zero attached hydrogens (tertiary/aromatic N) is 1. The molecule has 1 aliphatic heterocycles. The van der Waals surface area contributed by atoms with Gasteiger partial charge in [0.15, 0.2) is 0 Å². The molecule has 5 nitrogen and oxygen atoms in total. The van der Waals surface area contributed by atoms with Gasteiger partial charge in [0, 0.05) is 11.5 Å². The standard InChI is InChI=1S/C15H18N2O3S/c18-12-8-4-3-7-11(12)15-17(13(19)9-21-15)16-14(20)10-5-1-2-6-10/h3-4,7-8,10,15,18H,1-2,5-6,9H2,(H,16,20). The molecule has 1 unspecified atom stereocenters. The summed E-state index contributed by atoms with van der Waals surface area (Å²) in [6, 6.07) is 6.92. The van der Waals surface area contributed by atoms with Crippen molar-refractivity contribution in [3.8, 4) is 5.75 Å². The van der Waals surface area contributed by atoms with Crippen molar-refractivity contribution >= 4 is 23.6 Å². The van der Waals surface area contributed by atoms with Gasteiger partial charge in [0.2, 0.25) is 5.91 Å². The number of aromatic hydroxyl groups is 1. The maximum atomic E-state index is 12.2. The van der Waals surface area contributed by atoms with Crippen molar-refractivity contribution in [2.45, 2.75) is 31.1 Å². The number of phenols is 1. The first-order chi connectivity index (χ1) is 10.2. The van der Waals surface area contributed by atoms with Crippen LogP contribution in [-0.4, -0.2) is 27.7 Å². The minimum absolute atomic E-state index is 0.00780. The maximum Gasteiger partial charge on any atom is 0.252 e. The van der Waals surface area contributed by atoms with E-state index in [4.69, 9.17) is 0 Å². The number of nitrogens with one attached hydrogen (secondary N) is 1. The van der Waals surface area contributed by atoms with Gasteiger partial charge in [-0.05, 0) is 18.9 Å². The lowest BCUT2D eigenvalue weighted by Crippen LogP contribution is -2.46. The van der Waals surface area contributed by atoms with Crippen LogP contribution in [0.3, 0.4) is 0 Å². The molecule has 2 amide bonds. The van der Waals surface area contributed by atoms with Crippen LogP contribution in [0.4, 0.5) is 0 Å². The highest BCUT2D eigenvalue weighted by Gasteiger charge is 2.37. The molecule has 2 fully saturated rings. The van der Waals surface area contributed by atoms with Crippen LogP contribution < -0.4 is 5.43 Å².